The fourth-order valence-corrected chi connectivity index (χ4v) is 1.36. The molecule has 0 saturated carbocycles. The minimum absolute atomic E-state index is 0.0921. The minimum atomic E-state index is -0.293. The van der Waals surface area contributed by atoms with Crippen molar-refractivity contribution in [1.82, 2.24) is 0 Å². The zero-order chi connectivity index (χ0) is 13.5. The number of anilines is 1. The van der Waals surface area contributed by atoms with E-state index in [1.54, 1.807) is 24.3 Å². The second-order valence-corrected chi connectivity index (χ2v) is 4.29. The van der Waals surface area contributed by atoms with Crippen molar-refractivity contribution in [3.05, 3.63) is 24.3 Å². The van der Waals surface area contributed by atoms with E-state index in [4.69, 9.17) is 4.74 Å². The van der Waals surface area contributed by atoms with Crippen LogP contribution in [0.5, 0.6) is 5.75 Å². The van der Waals surface area contributed by atoms with Crippen molar-refractivity contribution in [3.8, 4) is 5.75 Å². The summed E-state index contributed by atoms with van der Waals surface area (Å²) in [5, 5.41) is 2.65. The first kappa shape index (κ1) is 14.2. The number of nitrogens with one attached hydrogen (secondary N) is 1. The molecule has 1 rings (SSSR count). The van der Waals surface area contributed by atoms with Gasteiger partial charge in [-0.25, -0.2) is 0 Å². The predicted molar refractivity (Wildman–Crippen MR) is 70.8 cm³/mol. The van der Waals surface area contributed by atoms with Crippen LogP contribution in [0.15, 0.2) is 24.3 Å². The molecule has 1 amide bonds. The molecule has 0 aliphatic rings. The SMILES string of the molecule is CCC(C)Oc1ccc(NC(=O)CC(C)=O)cc1. The molecule has 4 heteroatoms. The van der Waals surface area contributed by atoms with Crippen LogP contribution >= 0.6 is 0 Å². The zero-order valence-electron chi connectivity index (χ0n) is 11.0. The quantitative estimate of drug-likeness (QED) is 0.789. The van der Waals surface area contributed by atoms with Gasteiger partial charge in [-0.05, 0) is 44.5 Å². The monoisotopic (exact) mass is 249 g/mol. The van der Waals surface area contributed by atoms with Crippen molar-refractivity contribution in [2.75, 3.05) is 5.32 Å². The maximum absolute atomic E-state index is 11.4. The van der Waals surface area contributed by atoms with Crippen molar-refractivity contribution in [3.63, 3.8) is 0 Å². The highest BCUT2D eigenvalue weighted by Crippen LogP contribution is 2.17. The van der Waals surface area contributed by atoms with Crippen LogP contribution in [0, 0.1) is 0 Å². The zero-order valence-corrected chi connectivity index (χ0v) is 11.0. The van der Waals surface area contributed by atoms with Gasteiger partial charge in [-0.1, -0.05) is 6.92 Å². The summed E-state index contributed by atoms with van der Waals surface area (Å²) < 4.78 is 5.62. The molecule has 18 heavy (non-hydrogen) atoms. The summed E-state index contributed by atoms with van der Waals surface area (Å²) >= 11 is 0. The number of ether oxygens (including phenoxy) is 1. The van der Waals surface area contributed by atoms with Gasteiger partial charge in [0, 0.05) is 5.69 Å². The Balaban J connectivity index is 2.55. The van der Waals surface area contributed by atoms with E-state index < -0.39 is 0 Å². The molecule has 1 aromatic carbocycles. The molecule has 0 saturated heterocycles. The van der Waals surface area contributed by atoms with Gasteiger partial charge in [0.25, 0.3) is 0 Å². The van der Waals surface area contributed by atoms with Gasteiger partial charge < -0.3 is 10.1 Å². The summed E-state index contributed by atoms with van der Waals surface area (Å²) in [6, 6.07) is 7.12. The molecule has 1 atom stereocenters. The number of amides is 1. The van der Waals surface area contributed by atoms with Crippen LogP contribution in [-0.2, 0) is 9.59 Å². The van der Waals surface area contributed by atoms with Gasteiger partial charge in [-0.2, -0.15) is 0 Å². The first-order valence-electron chi connectivity index (χ1n) is 6.07. The third-order valence-corrected chi connectivity index (χ3v) is 2.46. The molecule has 98 valence electrons. The van der Waals surface area contributed by atoms with Crippen LogP contribution in [0.3, 0.4) is 0 Å². The molecular weight excluding hydrogens is 230 g/mol. The summed E-state index contributed by atoms with van der Waals surface area (Å²) in [5.41, 5.74) is 0.665. The van der Waals surface area contributed by atoms with Gasteiger partial charge in [-0.15, -0.1) is 0 Å². The first-order valence-corrected chi connectivity index (χ1v) is 6.07. The van der Waals surface area contributed by atoms with Gasteiger partial charge >= 0.3 is 0 Å². The van der Waals surface area contributed by atoms with Crippen molar-refractivity contribution in [1.29, 1.82) is 0 Å². The van der Waals surface area contributed by atoms with Crippen molar-refractivity contribution < 1.29 is 14.3 Å². The van der Waals surface area contributed by atoms with E-state index in [0.29, 0.717) is 5.69 Å². The molecule has 0 bridgehead atoms. The van der Waals surface area contributed by atoms with Crippen molar-refractivity contribution in [2.24, 2.45) is 0 Å². The lowest BCUT2D eigenvalue weighted by Gasteiger charge is -2.12. The first-order chi connectivity index (χ1) is 8.51. The molecule has 0 aliphatic heterocycles. The van der Waals surface area contributed by atoms with Crippen LogP contribution in [0.4, 0.5) is 5.69 Å². The lowest BCUT2D eigenvalue weighted by atomic mass is 10.2. The van der Waals surface area contributed by atoms with Crippen LogP contribution in [0.2, 0.25) is 0 Å². The molecule has 1 unspecified atom stereocenters. The second-order valence-electron chi connectivity index (χ2n) is 4.29. The van der Waals surface area contributed by atoms with Crippen molar-refractivity contribution in [2.45, 2.75) is 39.7 Å². The van der Waals surface area contributed by atoms with E-state index in [9.17, 15) is 9.59 Å². The molecular formula is C14H19NO3. The Morgan fingerprint density at radius 2 is 1.89 bits per heavy atom. The third kappa shape index (κ3) is 4.99. The highest BCUT2D eigenvalue weighted by atomic mass is 16.5. The smallest absolute Gasteiger partial charge is 0.231 e. The molecule has 0 radical (unpaired) electrons. The Hall–Kier alpha value is -1.84. The second kappa shape index (κ2) is 6.79. The Bertz CT molecular complexity index is 412. The summed E-state index contributed by atoms with van der Waals surface area (Å²) in [7, 11) is 0. The van der Waals surface area contributed by atoms with Gasteiger partial charge in [0.15, 0.2) is 0 Å². The summed E-state index contributed by atoms with van der Waals surface area (Å²) in [6.45, 7) is 5.45. The minimum Gasteiger partial charge on any atom is -0.491 e. The number of Topliss-reactive ketones (excluding diaryl/α,β-unsaturated/α-hetero) is 1. The lowest BCUT2D eigenvalue weighted by Crippen LogP contribution is -2.14. The van der Waals surface area contributed by atoms with Crippen molar-refractivity contribution >= 4 is 17.4 Å². The molecule has 1 N–H and O–H groups in total. The standard InChI is InChI=1S/C14H19NO3/c1-4-11(3)18-13-7-5-12(6-8-13)15-14(17)9-10(2)16/h5-8,11H,4,9H2,1-3H3,(H,15,17). The fourth-order valence-electron chi connectivity index (χ4n) is 1.36. The number of hydrogen-bond donors (Lipinski definition) is 1. The summed E-state index contributed by atoms with van der Waals surface area (Å²) in [5.74, 6) is 0.330. The third-order valence-electron chi connectivity index (χ3n) is 2.46. The maximum atomic E-state index is 11.4. The highest BCUT2D eigenvalue weighted by Gasteiger charge is 2.06. The van der Waals surface area contributed by atoms with Gasteiger partial charge in [0.1, 0.15) is 11.5 Å². The highest BCUT2D eigenvalue weighted by molar-refractivity contribution is 6.03. The van der Waals surface area contributed by atoms with Crippen LogP contribution in [0.25, 0.3) is 0 Å². The Labute approximate surface area is 107 Å². The van der Waals surface area contributed by atoms with E-state index >= 15 is 0 Å². The van der Waals surface area contributed by atoms with E-state index in [1.807, 2.05) is 6.92 Å². The fraction of sp³-hybridized carbons (Fsp3) is 0.429. The maximum Gasteiger partial charge on any atom is 0.231 e. The number of benzene rings is 1. The molecule has 0 aliphatic carbocycles. The molecule has 1 aromatic rings. The molecule has 0 fully saturated rings. The lowest BCUT2D eigenvalue weighted by molar-refractivity contribution is -0.124. The molecule has 0 heterocycles. The van der Waals surface area contributed by atoms with Gasteiger partial charge in [0.05, 0.1) is 12.5 Å². The largest absolute Gasteiger partial charge is 0.491 e. The molecule has 0 spiro atoms. The predicted octanol–water partition coefficient (Wildman–Crippen LogP) is 2.78. The van der Waals surface area contributed by atoms with E-state index in [1.165, 1.54) is 6.92 Å². The molecule has 4 nitrogen and oxygen atoms in total. The van der Waals surface area contributed by atoms with E-state index in [0.717, 1.165) is 12.2 Å². The van der Waals surface area contributed by atoms with Gasteiger partial charge in [0.2, 0.25) is 5.91 Å². The topological polar surface area (TPSA) is 55.4 Å². The van der Waals surface area contributed by atoms with Crippen LogP contribution in [-0.4, -0.2) is 17.8 Å². The van der Waals surface area contributed by atoms with E-state index in [2.05, 4.69) is 12.2 Å². The average molecular weight is 249 g/mol. The number of rotatable bonds is 6. The summed E-state index contributed by atoms with van der Waals surface area (Å²) in [4.78, 5) is 22.1. The number of ketones is 1. The van der Waals surface area contributed by atoms with Crippen LogP contribution in [0.1, 0.15) is 33.6 Å². The Morgan fingerprint density at radius 1 is 1.28 bits per heavy atom. The van der Waals surface area contributed by atoms with Gasteiger partial charge in [-0.3, -0.25) is 9.59 Å². The van der Waals surface area contributed by atoms with Crippen LogP contribution < -0.4 is 10.1 Å². The Kier molecular flexibility index (Phi) is 5.36. The number of hydrogen-bond acceptors (Lipinski definition) is 3. The number of carbonyl (C=O) groups excluding carboxylic acids is 2. The molecule has 0 aromatic heterocycles. The Morgan fingerprint density at radius 3 is 2.39 bits per heavy atom. The summed E-state index contributed by atoms with van der Waals surface area (Å²) in [6.07, 6.45) is 1.02. The normalized spacial score (nSPS) is 11.7. The van der Waals surface area contributed by atoms with E-state index in [-0.39, 0.29) is 24.2 Å². The number of carbonyl (C=O) groups is 2. The average Bonchev–Trinajstić information content (AvgIpc) is 2.30.